The average Bonchev–Trinajstić information content (AvgIpc) is 3.23. The zero-order valence-corrected chi connectivity index (χ0v) is 22.3. The second kappa shape index (κ2) is 11.4. The van der Waals surface area contributed by atoms with Crippen molar-refractivity contribution in [2.45, 2.75) is 32.1 Å². The number of amides is 2. The smallest absolute Gasteiger partial charge is 0.341 e. The third kappa shape index (κ3) is 5.79. The molecule has 35 heavy (non-hydrogen) atoms. The number of benzene rings is 1. The van der Waals surface area contributed by atoms with Crippen LogP contribution in [0.15, 0.2) is 23.2 Å². The fraction of sp³-hybridized carbons (Fsp3) is 0.417. The monoisotopic (exact) mass is 533 g/mol. The molecule has 0 unspecified atom stereocenters. The lowest BCUT2D eigenvalue weighted by Gasteiger charge is -2.07. The quantitative estimate of drug-likeness (QED) is 0.362. The number of ether oxygens (including phenoxy) is 2. The molecular formula is C24H27N3O5S3. The third-order valence-electron chi connectivity index (χ3n) is 5.76. The molecule has 4 rings (SSSR count). The predicted molar refractivity (Wildman–Crippen MR) is 141 cm³/mol. The number of aryl methyl sites for hydroxylation is 2. The van der Waals surface area contributed by atoms with Gasteiger partial charge < -0.3 is 19.4 Å². The van der Waals surface area contributed by atoms with Crippen molar-refractivity contribution in [3.8, 4) is 5.75 Å². The Labute approximate surface area is 215 Å². The number of carbonyl (C=O) groups excluding carboxylic acids is 3. The molecular weight excluding hydrogens is 506 g/mol. The van der Waals surface area contributed by atoms with Gasteiger partial charge in [-0.2, -0.15) is 4.99 Å². The van der Waals surface area contributed by atoms with E-state index in [1.165, 1.54) is 41.5 Å². The maximum atomic E-state index is 12.6. The highest BCUT2D eigenvalue weighted by atomic mass is 32.2. The first kappa shape index (κ1) is 25.5. The van der Waals surface area contributed by atoms with Crippen molar-refractivity contribution in [1.29, 1.82) is 0 Å². The van der Waals surface area contributed by atoms with Gasteiger partial charge in [0.05, 0.1) is 41.5 Å². The number of thioether (sulfide) groups is 1. The number of methoxy groups -OCH3 is 2. The van der Waals surface area contributed by atoms with E-state index in [0.717, 1.165) is 58.5 Å². The molecule has 0 bridgehead atoms. The number of aromatic nitrogens is 1. The van der Waals surface area contributed by atoms with Crippen LogP contribution >= 0.6 is 34.4 Å². The molecule has 0 radical (unpaired) electrons. The number of rotatable bonds is 7. The zero-order chi connectivity index (χ0) is 24.9. The van der Waals surface area contributed by atoms with Gasteiger partial charge in [-0.3, -0.25) is 9.59 Å². The fourth-order valence-electron chi connectivity index (χ4n) is 4.03. The van der Waals surface area contributed by atoms with E-state index >= 15 is 0 Å². The molecule has 1 N–H and O–H groups in total. The molecule has 0 atom stereocenters. The molecule has 0 spiro atoms. The standard InChI is InChI=1S/C24H27N3O5S3/c1-27-16-10-9-14(31-2)11-18(16)35-24(27)26-20(29)13-33-12-19(28)25-22-21(23(30)32-3)15-7-5-4-6-8-17(15)34-22/h9-11H,4-8,12-13H2,1-3H3,(H,25,28). The number of esters is 1. The largest absolute Gasteiger partial charge is 0.497 e. The van der Waals surface area contributed by atoms with E-state index in [-0.39, 0.29) is 23.3 Å². The van der Waals surface area contributed by atoms with E-state index in [1.807, 2.05) is 29.8 Å². The van der Waals surface area contributed by atoms with Gasteiger partial charge in [0, 0.05) is 11.9 Å². The summed E-state index contributed by atoms with van der Waals surface area (Å²) in [5.41, 5.74) is 2.45. The van der Waals surface area contributed by atoms with Gasteiger partial charge in [0.25, 0.3) is 5.91 Å². The summed E-state index contributed by atoms with van der Waals surface area (Å²) in [5.74, 6) is -0.0824. The van der Waals surface area contributed by atoms with Crippen LogP contribution in [0.1, 0.15) is 40.1 Å². The van der Waals surface area contributed by atoms with Gasteiger partial charge in [-0.15, -0.1) is 23.1 Å². The molecule has 2 aromatic heterocycles. The minimum atomic E-state index is -0.421. The highest BCUT2D eigenvalue weighted by Gasteiger charge is 2.26. The number of nitrogens with zero attached hydrogens (tertiary/aromatic N) is 2. The maximum absolute atomic E-state index is 12.6. The van der Waals surface area contributed by atoms with Crippen LogP contribution in [-0.2, 0) is 34.2 Å². The van der Waals surface area contributed by atoms with Gasteiger partial charge in [0.15, 0.2) is 4.80 Å². The Morgan fingerprint density at radius 2 is 1.91 bits per heavy atom. The van der Waals surface area contributed by atoms with Crippen LogP contribution < -0.4 is 14.9 Å². The molecule has 186 valence electrons. The Hall–Kier alpha value is -2.63. The van der Waals surface area contributed by atoms with Gasteiger partial charge in [0.2, 0.25) is 5.91 Å². The lowest BCUT2D eigenvalue weighted by atomic mass is 10.1. The van der Waals surface area contributed by atoms with Crippen molar-refractivity contribution < 1.29 is 23.9 Å². The van der Waals surface area contributed by atoms with Gasteiger partial charge in [-0.1, -0.05) is 17.8 Å². The summed E-state index contributed by atoms with van der Waals surface area (Å²) >= 11 is 4.06. The Balaban J connectivity index is 1.38. The maximum Gasteiger partial charge on any atom is 0.341 e. The normalized spacial score (nSPS) is 13.9. The van der Waals surface area contributed by atoms with E-state index < -0.39 is 5.97 Å². The lowest BCUT2D eigenvalue weighted by molar-refractivity contribution is -0.115. The summed E-state index contributed by atoms with van der Waals surface area (Å²) in [6.45, 7) is 0. The first-order chi connectivity index (χ1) is 16.9. The second-order valence-corrected chi connectivity index (χ2v) is 11.2. The molecule has 2 heterocycles. The van der Waals surface area contributed by atoms with Crippen LogP contribution in [0.3, 0.4) is 0 Å². The minimum absolute atomic E-state index is 0.0792. The number of hydrogen-bond donors (Lipinski definition) is 1. The summed E-state index contributed by atoms with van der Waals surface area (Å²) in [4.78, 5) is 43.4. The van der Waals surface area contributed by atoms with Crippen molar-refractivity contribution in [3.63, 3.8) is 0 Å². The van der Waals surface area contributed by atoms with Crippen molar-refractivity contribution in [2.75, 3.05) is 31.0 Å². The van der Waals surface area contributed by atoms with Crippen LogP contribution in [0.4, 0.5) is 5.00 Å². The summed E-state index contributed by atoms with van der Waals surface area (Å²) in [5, 5.41) is 3.41. The highest BCUT2D eigenvalue weighted by Crippen LogP contribution is 2.38. The Morgan fingerprint density at radius 1 is 1.11 bits per heavy atom. The first-order valence-electron chi connectivity index (χ1n) is 11.2. The molecule has 2 amide bonds. The molecule has 1 aromatic carbocycles. The van der Waals surface area contributed by atoms with Crippen molar-refractivity contribution in [3.05, 3.63) is 39.0 Å². The van der Waals surface area contributed by atoms with E-state index in [1.54, 1.807) is 7.11 Å². The number of fused-ring (bicyclic) bond motifs is 2. The number of thiazole rings is 1. The number of hydrogen-bond acceptors (Lipinski definition) is 8. The first-order valence-corrected chi connectivity index (χ1v) is 14.0. The topological polar surface area (TPSA) is 99.0 Å². The number of anilines is 1. The number of thiophene rings is 1. The molecule has 0 saturated heterocycles. The second-order valence-electron chi connectivity index (χ2n) is 8.08. The SMILES string of the molecule is COC(=O)c1c(NC(=O)CSCC(=O)N=c2sc3cc(OC)ccc3n2C)sc2c1CCCCC2. The molecule has 3 aromatic rings. The van der Waals surface area contributed by atoms with Crippen LogP contribution in [0.2, 0.25) is 0 Å². The van der Waals surface area contributed by atoms with Crippen LogP contribution in [0, 0.1) is 0 Å². The van der Waals surface area contributed by atoms with Crippen molar-refractivity contribution >= 4 is 67.4 Å². The summed E-state index contributed by atoms with van der Waals surface area (Å²) < 4.78 is 13.1. The van der Waals surface area contributed by atoms with Crippen LogP contribution in [0.25, 0.3) is 10.2 Å². The van der Waals surface area contributed by atoms with E-state index in [9.17, 15) is 14.4 Å². The van der Waals surface area contributed by atoms with E-state index in [2.05, 4.69) is 10.3 Å². The lowest BCUT2D eigenvalue weighted by Crippen LogP contribution is -2.18. The Morgan fingerprint density at radius 3 is 2.69 bits per heavy atom. The Bertz CT molecular complexity index is 1340. The van der Waals surface area contributed by atoms with E-state index in [4.69, 9.17) is 9.47 Å². The van der Waals surface area contributed by atoms with Crippen LogP contribution in [-0.4, -0.2) is 48.1 Å². The third-order valence-corrected chi connectivity index (χ3v) is 8.98. The summed E-state index contributed by atoms with van der Waals surface area (Å²) in [6, 6.07) is 5.71. The summed E-state index contributed by atoms with van der Waals surface area (Å²) in [7, 11) is 4.83. The van der Waals surface area contributed by atoms with Gasteiger partial charge in [-0.05, 0) is 49.4 Å². The molecule has 1 aliphatic carbocycles. The van der Waals surface area contributed by atoms with Crippen LogP contribution in [0.5, 0.6) is 5.75 Å². The number of nitrogens with one attached hydrogen (secondary N) is 1. The Kier molecular flexibility index (Phi) is 8.30. The van der Waals surface area contributed by atoms with Gasteiger partial charge >= 0.3 is 5.97 Å². The zero-order valence-electron chi connectivity index (χ0n) is 19.8. The fourth-order valence-corrected chi connectivity index (χ4v) is 6.99. The highest BCUT2D eigenvalue weighted by molar-refractivity contribution is 8.00. The van der Waals surface area contributed by atoms with E-state index in [0.29, 0.717) is 15.4 Å². The van der Waals surface area contributed by atoms with Gasteiger partial charge in [0.1, 0.15) is 10.8 Å². The number of carbonyl (C=O) groups is 3. The van der Waals surface area contributed by atoms with Crippen molar-refractivity contribution in [1.82, 2.24) is 4.57 Å². The van der Waals surface area contributed by atoms with Gasteiger partial charge in [-0.25, -0.2) is 4.79 Å². The molecule has 0 saturated carbocycles. The van der Waals surface area contributed by atoms with Crippen molar-refractivity contribution in [2.24, 2.45) is 12.0 Å². The average molecular weight is 534 g/mol. The molecule has 0 aliphatic heterocycles. The molecule has 11 heteroatoms. The summed E-state index contributed by atoms with van der Waals surface area (Å²) in [6.07, 6.45) is 4.96. The molecule has 1 aliphatic rings. The molecule has 0 fully saturated rings. The minimum Gasteiger partial charge on any atom is -0.497 e. The predicted octanol–water partition coefficient (Wildman–Crippen LogP) is 4.16. The molecule has 8 nitrogen and oxygen atoms in total.